The topological polar surface area (TPSA) is 41.1 Å². The van der Waals surface area contributed by atoms with Gasteiger partial charge < -0.3 is 10.6 Å². The van der Waals surface area contributed by atoms with Crippen LogP contribution in [0.15, 0.2) is 18.2 Å². The van der Waals surface area contributed by atoms with E-state index in [0.29, 0.717) is 21.7 Å². The molecule has 2 N–H and O–H groups in total. The van der Waals surface area contributed by atoms with Gasteiger partial charge >= 0.3 is 6.03 Å². The number of amides is 2. The van der Waals surface area contributed by atoms with Crippen molar-refractivity contribution in [2.24, 2.45) is 17.8 Å². The Kier molecular flexibility index (Phi) is 4.08. The summed E-state index contributed by atoms with van der Waals surface area (Å²) in [5.41, 5.74) is 0.657. The molecule has 2 aliphatic rings. The van der Waals surface area contributed by atoms with Crippen LogP contribution in [0.1, 0.15) is 25.7 Å². The lowest BCUT2D eigenvalue weighted by Crippen LogP contribution is -2.34. The summed E-state index contributed by atoms with van der Waals surface area (Å²) in [7, 11) is 0. The van der Waals surface area contributed by atoms with Gasteiger partial charge in [0.2, 0.25) is 0 Å². The standard InChI is InChI=1S/C15H18Cl2N2O/c16-13-4-3-12(7-14(13)17)19-15(20)18-8-11-6-9-1-2-10(11)5-9/h3-4,7,9-11H,1-2,5-6,8H2,(H2,18,19,20). The van der Waals surface area contributed by atoms with E-state index in [9.17, 15) is 4.79 Å². The molecule has 2 fully saturated rings. The van der Waals surface area contributed by atoms with Gasteiger partial charge in [-0.1, -0.05) is 29.6 Å². The zero-order valence-electron chi connectivity index (χ0n) is 11.2. The summed E-state index contributed by atoms with van der Waals surface area (Å²) in [4.78, 5) is 11.9. The van der Waals surface area contributed by atoms with Gasteiger partial charge in [0, 0.05) is 12.2 Å². The third-order valence-corrected chi connectivity index (χ3v) is 5.33. The third-order valence-electron chi connectivity index (χ3n) is 4.59. The van der Waals surface area contributed by atoms with Crippen molar-refractivity contribution in [1.82, 2.24) is 5.32 Å². The largest absolute Gasteiger partial charge is 0.338 e. The quantitative estimate of drug-likeness (QED) is 0.844. The molecule has 2 aliphatic carbocycles. The first-order valence-electron chi connectivity index (χ1n) is 7.11. The molecule has 2 saturated carbocycles. The summed E-state index contributed by atoms with van der Waals surface area (Å²) < 4.78 is 0. The number of carbonyl (C=O) groups excluding carboxylic acids is 1. The van der Waals surface area contributed by atoms with Crippen molar-refractivity contribution >= 4 is 34.9 Å². The Bertz CT molecular complexity index is 521. The van der Waals surface area contributed by atoms with Gasteiger partial charge in [0.05, 0.1) is 10.0 Å². The minimum Gasteiger partial charge on any atom is -0.338 e. The van der Waals surface area contributed by atoms with E-state index in [4.69, 9.17) is 23.2 Å². The fourth-order valence-electron chi connectivity index (χ4n) is 3.60. The molecule has 2 amide bonds. The van der Waals surface area contributed by atoms with E-state index < -0.39 is 0 Å². The SMILES string of the molecule is O=C(NCC1CC2CCC1C2)Nc1ccc(Cl)c(Cl)c1. The number of hydrogen-bond acceptors (Lipinski definition) is 1. The van der Waals surface area contributed by atoms with Gasteiger partial charge in [-0.25, -0.2) is 4.79 Å². The molecule has 3 unspecified atom stereocenters. The van der Waals surface area contributed by atoms with Gasteiger partial charge in [0.15, 0.2) is 0 Å². The van der Waals surface area contributed by atoms with E-state index in [-0.39, 0.29) is 6.03 Å². The van der Waals surface area contributed by atoms with Gasteiger partial charge in [0.25, 0.3) is 0 Å². The second-order valence-corrected chi connectivity index (χ2v) is 6.71. The minimum absolute atomic E-state index is 0.175. The summed E-state index contributed by atoms with van der Waals surface area (Å²) in [5, 5.41) is 6.68. The highest BCUT2D eigenvalue weighted by Gasteiger charge is 2.39. The van der Waals surface area contributed by atoms with Crippen LogP contribution >= 0.6 is 23.2 Å². The van der Waals surface area contributed by atoms with Crippen molar-refractivity contribution in [2.45, 2.75) is 25.7 Å². The first kappa shape index (κ1) is 14.0. The summed E-state index contributed by atoms with van der Waals surface area (Å²) in [6, 6.07) is 4.90. The molecule has 0 spiro atoms. The average Bonchev–Trinajstić information content (AvgIpc) is 3.03. The smallest absolute Gasteiger partial charge is 0.319 e. The van der Waals surface area contributed by atoms with E-state index in [1.54, 1.807) is 18.2 Å². The maximum atomic E-state index is 11.9. The summed E-state index contributed by atoms with van der Waals surface area (Å²) >= 11 is 11.8. The molecule has 5 heteroatoms. The fourth-order valence-corrected chi connectivity index (χ4v) is 3.90. The van der Waals surface area contributed by atoms with Crippen LogP contribution in [-0.4, -0.2) is 12.6 Å². The highest BCUT2D eigenvalue weighted by molar-refractivity contribution is 6.42. The molecule has 3 atom stereocenters. The maximum absolute atomic E-state index is 11.9. The number of hydrogen-bond donors (Lipinski definition) is 2. The van der Waals surface area contributed by atoms with Crippen LogP contribution in [0.5, 0.6) is 0 Å². The third kappa shape index (κ3) is 3.04. The highest BCUT2D eigenvalue weighted by Crippen LogP contribution is 2.47. The Morgan fingerprint density at radius 2 is 2.05 bits per heavy atom. The number of rotatable bonds is 3. The summed E-state index contributed by atoms with van der Waals surface area (Å²) in [6.45, 7) is 0.772. The highest BCUT2D eigenvalue weighted by atomic mass is 35.5. The molecule has 0 heterocycles. The lowest BCUT2D eigenvalue weighted by Gasteiger charge is -2.21. The molecule has 0 aromatic heterocycles. The van der Waals surface area contributed by atoms with Crippen LogP contribution < -0.4 is 10.6 Å². The van der Waals surface area contributed by atoms with E-state index in [1.165, 1.54) is 25.7 Å². The fraction of sp³-hybridized carbons (Fsp3) is 0.533. The van der Waals surface area contributed by atoms with Crippen LogP contribution in [0.4, 0.5) is 10.5 Å². The average molecular weight is 313 g/mol. The van der Waals surface area contributed by atoms with E-state index in [1.807, 2.05) is 0 Å². The van der Waals surface area contributed by atoms with Crippen molar-refractivity contribution in [3.05, 3.63) is 28.2 Å². The number of benzene rings is 1. The number of halogens is 2. The molecule has 0 radical (unpaired) electrons. The van der Waals surface area contributed by atoms with Crippen LogP contribution in [-0.2, 0) is 0 Å². The number of anilines is 1. The Morgan fingerprint density at radius 1 is 1.20 bits per heavy atom. The van der Waals surface area contributed by atoms with Crippen LogP contribution in [0, 0.1) is 17.8 Å². The Labute approximate surface area is 129 Å². The van der Waals surface area contributed by atoms with Crippen LogP contribution in [0.25, 0.3) is 0 Å². The van der Waals surface area contributed by atoms with Gasteiger partial charge in [-0.3, -0.25) is 0 Å². The first-order chi connectivity index (χ1) is 9.61. The van der Waals surface area contributed by atoms with E-state index >= 15 is 0 Å². The zero-order valence-corrected chi connectivity index (χ0v) is 12.7. The molecule has 20 heavy (non-hydrogen) atoms. The molecule has 1 aromatic rings. The number of urea groups is 1. The van der Waals surface area contributed by atoms with Crippen molar-refractivity contribution in [3.63, 3.8) is 0 Å². The van der Waals surface area contributed by atoms with Gasteiger partial charge in [-0.2, -0.15) is 0 Å². The second kappa shape index (κ2) is 5.82. The Balaban J connectivity index is 1.48. The van der Waals surface area contributed by atoms with Crippen LogP contribution in [0.3, 0.4) is 0 Å². The monoisotopic (exact) mass is 312 g/mol. The molecule has 1 aromatic carbocycles. The first-order valence-corrected chi connectivity index (χ1v) is 7.87. The predicted octanol–water partition coefficient (Wildman–Crippen LogP) is 4.55. The number of nitrogens with one attached hydrogen (secondary N) is 2. The van der Waals surface area contributed by atoms with Crippen molar-refractivity contribution in [2.75, 3.05) is 11.9 Å². The minimum atomic E-state index is -0.175. The number of fused-ring (bicyclic) bond motifs is 2. The molecule has 0 saturated heterocycles. The normalized spacial score (nSPS) is 27.6. The van der Waals surface area contributed by atoms with Gasteiger partial charge in [0.1, 0.15) is 0 Å². The summed E-state index contributed by atoms with van der Waals surface area (Å²) in [5.74, 6) is 2.39. The zero-order chi connectivity index (χ0) is 14.1. The molecule has 3 rings (SSSR count). The lowest BCUT2D eigenvalue weighted by molar-refractivity contribution is 0.245. The Hall–Kier alpha value is -0.930. The van der Waals surface area contributed by atoms with Gasteiger partial charge in [-0.15, -0.1) is 0 Å². The van der Waals surface area contributed by atoms with Crippen LogP contribution in [0.2, 0.25) is 10.0 Å². The molecular weight excluding hydrogens is 295 g/mol. The molecule has 2 bridgehead atoms. The van der Waals surface area contributed by atoms with Crippen molar-refractivity contribution in [3.8, 4) is 0 Å². The molecule has 3 nitrogen and oxygen atoms in total. The van der Waals surface area contributed by atoms with Crippen molar-refractivity contribution < 1.29 is 4.79 Å². The van der Waals surface area contributed by atoms with E-state index in [0.717, 1.165) is 18.4 Å². The second-order valence-electron chi connectivity index (χ2n) is 5.90. The maximum Gasteiger partial charge on any atom is 0.319 e. The molecule has 0 aliphatic heterocycles. The summed E-state index contributed by atoms with van der Waals surface area (Å²) in [6.07, 6.45) is 5.36. The predicted molar refractivity (Wildman–Crippen MR) is 82.4 cm³/mol. The molecule has 108 valence electrons. The lowest BCUT2D eigenvalue weighted by atomic mass is 9.89. The van der Waals surface area contributed by atoms with Gasteiger partial charge in [-0.05, 0) is 55.2 Å². The Morgan fingerprint density at radius 3 is 2.70 bits per heavy atom. The molecular formula is C15H18Cl2N2O. The van der Waals surface area contributed by atoms with E-state index in [2.05, 4.69) is 10.6 Å². The van der Waals surface area contributed by atoms with Crippen molar-refractivity contribution in [1.29, 1.82) is 0 Å². The number of carbonyl (C=O) groups is 1.